The number of carboxylic acid groups (broad SMARTS) is 1. The maximum Gasteiger partial charge on any atom is 0.326 e. The molecule has 0 aromatic heterocycles. The highest BCUT2D eigenvalue weighted by atomic mass is 16.4. The van der Waals surface area contributed by atoms with Gasteiger partial charge in [-0.25, -0.2) is 4.79 Å². The largest absolute Gasteiger partial charge is 0.480 e. The van der Waals surface area contributed by atoms with Crippen molar-refractivity contribution in [2.75, 3.05) is 13.1 Å². The Morgan fingerprint density at radius 2 is 1.39 bits per heavy atom. The summed E-state index contributed by atoms with van der Waals surface area (Å²) in [6, 6.07) is -4.11. The lowest BCUT2D eigenvalue weighted by molar-refractivity contribution is -0.152. The summed E-state index contributed by atoms with van der Waals surface area (Å²) in [6.45, 7) is 10.0. The first kappa shape index (κ1) is 29.5. The molecule has 0 spiro atoms. The molecule has 0 unspecified atom stereocenters. The molecule has 2 aliphatic heterocycles. The molecule has 36 heavy (non-hydrogen) atoms. The summed E-state index contributed by atoms with van der Waals surface area (Å²) in [6.07, 6.45) is 2.93. The first-order valence-electron chi connectivity index (χ1n) is 13.0. The standard InChI is InChI=1S/C25H43N5O6/c1-14(2)12-17(26)22(32)27-16(5)21(31)28-18(13-15(3)4)23(33)29-10-6-8-19(29)24(34)30-11-7-9-20(30)25(35)36/h14-20H,6-13,26H2,1-5H3,(H,27,32)(H,28,31)(H,35,36)/t16-,17-,18-,19-,20-/m0/s1. The number of nitrogens with one attached hydrogen (secondary N) is 2. The smallest absolute Gasteiger partial charge is 0.326 e. The maximum atomic E-state index is 13.6. The molecule has 2 fully saturated rings. The number of hydrogen-bond donors (Lipinski definition) is 4. The summed E-state index contributed by atoms with van der Waals surface area (Å²) in [5.74, 6) is -2.38. The van der Waals surface area contributed by atoms with Crippen LogP contribution < -0.4 is 16.4 Å². The SMILES string of the molecule is CC(C)C[C@H](NC(=O)[C@H](C)NC(=O)[C@@H](N)CC(C)C)C(=O)N1CCC[C@H]1C(=O)N1CCC[C@H]1C(=O)O. The molecule has 2 saturated heterocycles. The van der Waals surface area contributed by atoms with Gasteiger partial charge in [-0.3, -0.25) is 19.2 Å². The zero-order chi connectivity index (χ0) is 27.2. The molecule has 204 valence electrons. The van der Waals surface area contributed by atoms with E-state index in [0.29, 0.717) is 51.6 Å². The average Bonchev–Trinajstić information content (AvgIpc) is 3.46. The van der Waals surface area contributed by atoms with Gasteiger partial charge in [-0.15, -0.1) is 0 Å². The molecule has 0 aliphatic carbocycles. The molecule has 0 aromatic rings. The Hall–Kier alpha value is -2.69. The van der Waals surface area contributed by atoms with E-state index in [2.05, 4.69) is 10.6 Å². The lowest BCUT2D eigenvalue weighted by Crippen LogP contribution is -2.58. The summed E-state index contributed by atoms with van der Waals surface area (Å²) in [5, 5.41) is 14.8. The predicted octanol–water partition coefficient (Wildman–Crippen LogP) is 0.462. The number of nitrogens with zero attached hydrogens (tertiary/aromatic N) is 2. The van der Waals surface area contributed by atoms with Crippen LogP contribution in [0.2, 0.25) is 0 Å². The highest BCUT2D eigenvalue weighted by molar-refractivity contribution is 5.95. The van der Waals surface area contributed by atoms with E-state index in [4.69, 9.17) is 5.73 Å². The lowest BCUT2D eigenvalue weighted by atomic mass is 10.0. The van der Waals surface area contributed by atoms with Crippen LogP contribution in [0.4, 0.5) is 0 Å². The predicted molar refractivity (Wildman–Crippen MR) is 134 cm³/mol. The highest BCUT2D eigenvalue weighted by Gasteiger charge is 2.43. The van der Waals surface area contributed by atoms with Gasteiger partial charge in [-0.05, 0) is 57.3 Å². The molecular weight excluding hydrogens is 466 g/mol. The Bertz CT molecular complexity index is 832. The van der Waals surface area contributed by atoms with Gasteiger partial charge in [0.25, 0.3) is 0 Å². The quantitative estimate of drug-likeness (QED) is 0.314. The fourth-order valence-corrected chi connectivity index (χ4v) is 4.96. The van der Waals surface area contributed by atoms with Gasteiger partial charge >= 0.3 is 5.97 Å². The van der Waals surface area contributed by atoms with E-state index in [0.717, 1.165) is 0 Å². The van der Waals surface area contributed by atoms with Crippen molar-refractivity contribution >= 4 is 29.6 Å². The van der Waals surface area contributed by atoms with E-state index in [9.17, 15) is 29.1 Å². The van der Waals surface area contributed by atoms with E-state index < -0.39 is 48.0 Å². The molecule has 5 N–H and O–H groups in total. The molecule has 2 aliphatic rings. The van der Waals surface area contributed by atoms with Crippen LogP contribution in [0.1, 0.15) is 73.1 Å². The van der Waals surface area contributed by atoms with Crippen LogP contribution in [0.3, 0.4) is 0 Å². The second-order valence-electron chi connectivity index (χ2n) is 10.9. The molecule has 0 radical (unpaired) electrons. The monoisotopic (exact) mass is 509 g/mol. The van der Waals surface area contributed by atoms with Gasteiger partial charge in [0.1, 0.15) is 24.2 Å². The average molecular weight is 510 g/mol. The van der Waals surface area contributed by atoms with Gasteiger partial charge in [0.05, 0.1) is 6.04 Å². The van der Waals surface area contributed by atoms with E-state index >= 15 is 0 Å². The van der Waals surface area contributed by atoms with Crippen LogP contribution in [0, 0.1) is 11.8 Å². The van der Waals surface area contributed by atoms with Crippen LogP contribution >= 0.6 is 0 Å². The molecule has 0 bridgehead atoms. The molecule has 11 nitrogen and oxygen atoms in total. The third-order valence-corrected chi connectivity index (χ3v) is 6.78. The van der Waals surface area contributed by atoms with Crippen molar-refractivity contribution in [1.29, 1.82) is 0 Å². The van der Waals surface area contributed by atoms with Gasteiger partial charge in [0.15, 0.2) is 0 Å². The fraction of sp³-hybridized carbons (Fsp3) is 0.800. The Kier molecular flexibility index (Phi) is 10.7. The van der Waals surface area contributed by atoms with Crippen molar-refractivity contribution in [1.82, 2.24) is 20.4 Å². The number of carbonyl (C=O) groups is 5. The lowest BCUT2D eigenvalue weighted by Gasteiger charge is -2.33. The summed E-state index contributed by atoms with van der Waals surface area (Å²) in [5.41, 5.74) is 5.91. The van der Waals surface area contributed by atoms with Gasteiger partial charge in [-0.2, -0.15) is 0 Å². The van der Waals surface area contributed by atoms with Gasteiger partial charge in [0, 0.05) is 13.1 Å². The van der Waals surface area contributed by atoms with Gasteiger partial charge in [0.2, 0.25) is 23.6 Å². The Morgan fingerprint density at radius 3 is 1.94 bits per heavy atom. The number of likely N-dealkylation sites (tertiary alicyclic amines) is 2. The summed E-state index contributed by atoms with van der Waals surface area (Å²) in [4.78, 5) is 66.5. The number of amides is 4. The van der Waals surface area contributed by atoms with E-state index in [-0.39, 0.29) is 23.7 Å². The Labute approximate surface area is 213 Å². The van der Waals surface area contributed by atoms with Crippen molar-refractivity contribution in [2.45, 2.75) is 103 Å². The van der Waals surface area contributed by atoms with Crippen LogP contribution in [-0.2, 0) is 24.0 Å². The van der Waals surface area contributed by atoms with Crippen LogP contribution in [0.25, 0.3) is 0 Å². The zero-order valence-corrected chi connectivity index (χ0v) is 22.2. The first-order chi connectivity index (χ1) is 16.8. The third kappa shape index (κ3) is 7.65. The summed E-state index contributed by atoms with van der Waals surface area (Å²) in [7, 11) is 0. The van der Waals surface area contributed by atoms with E-state index in [1.165, 1.54) is 16.7 Å². The first-order valence-corrected chi connectivity index (χ1v) is 13.0. The van der Waals surface area contributed by atoms with Gasteiger partial charge < -0.3 is 31.3 Å². The molecule has 0 aromatic carbocycles. The van der Waals surface area contributed by atoms with Crippen LogP contribution in [-0.4, -0.2) is 87.8 Å². The molecule has 5 atom stereocenters. The summed E-state index contributed by atoms with van der Waals surface area (Å²) < 4.78 is 0. The number of carbonyl (C=O) groups excluding carboxylic acids is 4. The number of aliphatic carboxylic acids is 1. The normalized spacial score (nSPS) is 22.4. The second kappa shape index (κ2) is 13.0. The second-order valence-corrected chi connectivity index (χ2v) is 10.9. The molecular formula is C25H43N5O6. The Morgan fingerprint density at radius 1 is 0.833 bits per heavy atom. The van der Waals surface area contributed by atoms with Crippen molar-refractivity contribution in [3.63, 3.8) is 0 Å². The highest BCUT2D eigenvalue weighted by Crippen LogP contribution is 2.26. The van der Waals surface area contributed by atoms with Crippen molar-refractivity contribution in [3.8, 4) is 0 Å². The number of carboxylic acids is 1. The Balaban J connectivity index is 2.09. The third-order valence-electron chi connectivity index (χ3n) is 6.78. The van der Waals surface area contributed by atoms with E-state index in [1.807, 2.05) is 27.7 Å². The number of hydrogen-bond acceptors (Lipinski definition) is 6. The van der Waals surface area contributed by atoms with Gasteiger partial charge in [-0.1, -0.05) is 27.7 Å². The molecule has 4 amide bonds. The van der Waals surface area contributed by atoms with Crippen molar-refractivity contribution in [2.24, 2.45) is 17.6 Å². The van der Waals surface area contributed by atoms with Crippen LogP contribution in [0.15, 0.2) is 0 Å². The maximum absolute atomic E-state index is 13.6. The van der Waals surface area contributed by atoms with Crippen molar-refractivity contribution in [3.05, 3.63) is 0 Å². The van der Waals surface area contributed by atoms with E-state index in [1.54, 1.807) is 0 Å². The number of nitrogens with two attached hydrogens (primary N) is 1. The molecule has 0 saturated carbocycles. The molecule has 2 rings (SSSR count). The summed E-state index contributed by atoms with van der Waals surface area (Å²) >= 11 is 0. The minimum absolute atomic E-state index is 0.0790. The zero-order valence-electron chi connectivity index (χ0n) is 22.2. The fourth-order valence-electron chi connectivity index (χ4n) is 4.96. The molecule has 2 heterocycles. The number of rotatable bonds is 11. The van der Waals surface area contributed by atoms with Crippen LogP contribution in [0.5, 0.6) is 0 Å². The minimum atomic E-state index is -1.04. The van der Waals surface area contributed by atoms with Crippen molar-refractivity contribution < 1.29 is 29.1 Å². The minimum Gasteiger partial charge on any atom is -0.480 e. The molecule has 11 heteroatoms. The topological polar surface area (TPSA) is 162 Å².